The zero-order valence-corrected chi connectivity index (χ0v) is 16.7. The molecule has 0 saturated carbocycles. The molecule has 0 aliphatic rings. The predicted octanol–water partition coefficient (Wildman–Crippen LogP) is 3.92. The molecule has 0 bridgehead atoms. The van der Waals surface area contributed by atoms with Crippen molar-refractivity contribution in [3.8, 4) is 5.75 Å². The number of hydrogen-bond acceptors (Lipinski definition) is 4. The first-order valence-electron chi connectivity index (χ1n) is 9.65. The van der Waals surface area contributed by atoms with Gasteiger partial charge in [-0.05, 0) is 41.3 Å². The summed E-state index contributed by atoms with van der Waals surface area (Å²) in [5.41, 5.74) is 5.62. The third kappa shape index (κ3) is 6.04. The number of amides is 2. The number of anilines is 1. The fourth-order valence-corrected chi connectivity index (χ4v) is 2.77. The van der Waals surface area contributed by atoms with Gasteiger partial charge in [0.1, 0.15) is 12.4 Å². The summed E-state index contributed by atoms with van der Waals surface area (Å²) in [6.07, 6.45) is 2.21. The predicted molar refractivity (Wildman–Crippen MR) is 117 cm³/mol. The number of nitrogens with zero attached hydrogens (tertiary/aromatic N) is 1. The molecule has 0 spiro atoms. The second-order valence-corrected chi connectivity index (χ2v) is 6.51. The number of nitrogens with one attached hydrogen (secondary N) is 2. The van der Waals surface area contributed by atoms with E-state index >= 15 is 0 Å². The highest BCUT2D eigenvalue weighted by Gasteiger charge is 2.14. The van der Waals surface area contributed by atoms with Crippen LogP contribution in [0.2, 0.25) is 0 Å². The Kier molecular flexibility index (Phi) is 7.33. The van der Waals surface area contributed by atoms with Crippen LogP contribution in [0, 0.1) is 0 Å². The van der Waals surface area contributed by atoms with Crippen molar-refractivity contribution in [3.63, 3.8) is 0 Å². The quantitative estimate of drug-likeness (QED) is 0.358. The Bertz CT molecular complexity index is 1030. The minimum Gasteiger partial charge on any atom is -0.489 e. The lowest BCUT2D eigenvalue weighted by atomic mass is 10.1. The van der Waals surface area contributed by atoms with Crippen LogP contribution < -0.4 is 15.5 Å². The zero-order valence-electron chi connectivity index (χ0n) is 16.7. The number of aryl methyl sites for hydroxylation is 1. The Morgan fingerprint density at radius 3 is 2.50 bits per heavy atom. The van der Waals surface area contributed by atoms with Crippen LogP contribution in [0.4, 0.5) is 5.69 Å². The fourth-order valence-electron chi connectivity index (χ4n) is 2.77. The van der Waals surface area contributed by atoms with E-state index in [0.29, 0.717) is 18.0 Å². The minimum atomic E-state index is -0.839. The molecule has 3 aromatic rings. The molecule has 0 fully saturated rings. The molecule has 0 unspecified atom stereocenters. The van der Waals surface area contributed by atoms with Gasteiger partial charge >= 0.3 is 11.8 Å². The molecule has 30 heavy (non-hydrogen) atoms. The molecule has 0 aliphatic heterocycles. The van der Waals surface area contributed by atoms with Crippen molar-refractivity contribution in [1.29, 1.82) is 0 Å². The van der Waals surface area contributed by atoms with E-state index in [4.69, 9.17) is 4.74 Å². The molecule has 0 radical (unpaired) electrons. The van der Waals surface area contributed by atoms with E-state index in [0.717, 1.165) is 23.1 Å². The van der Waals surface area contributed by atoms with Gasteiger partial charge in [-0.2, -0.15) is 5.10 Å². The van der Waals surface area contributed by atoms with Crippen molar-refractivity contribution in [2.24, 2.45) is 5.10 Å². The van der Waals surface area contributed by atoms with Crippen LogP contribution in [-0.4, -0.2) is 18.0 Å². The smallest absolute Gasteiger partial charge is 0.329 e. The maximum absolute atomic E-state index is 12.1. The van der Waals surface area contributed by atoms with Crippen molar-refractivity contribution in [1.82, 2.24) is 5.43 Å². The summed E-state index contributed by atoms with van der Waals surface area (Å²) in [7, 11) is 0. The van der Waals surface area contributed by atoms with Gasteiger partial charge in [-0.15, -0.1) is 0 Å². The van der Waals surface area contributed by atoms with E-state index in [1.807, 2.05) is 67.6 Å². The first kappa shape index (κ1) is 20.8. The molecule has 0 saturated heterocycles. The summed E-state index contributed by atoms with van der Waals surface area (Å²) < 4.78 is 5.77. The third-order valence-corrected chi connectivity index (χ3v) is 4.34. The van der Waals surface area contributed by atoms with Crippen LogP contribution in [0.5, 0.6) is 5.75 Å². The van der Waals surface area contributed by atoms with Crippen LogP contribution in [0.3, 0.4) is 0 Å². The molecule has 0 aliphatic carbocycles. The standard InChI is InChI=1S/C24H23N3O3/c1-2-20-12-6-7-14-22(20)26-23(28)24(29)27-25-16-19-11-8-13-21(15-19)30-17-18-9-4-3-5-10-18/h3-16H,2,17H2,1H3,(H,26,28)(H,27,29)/b25-16+. The third-order valence-electron chi connectivity index (χ3n) is 4.34. The summed E-state index contributed by atoms with van der Waals surface area (Å²) >= 11 is 0. The molecular formula is C24H23N3O3. The highest BCUT2D eigenvalue weighted by atomic mass is 16.5. The van der Waals surface area contributed by atoms with Crippen molar-refractivity contribution in [2.75, 3.05) is 5.32 Å². The van der Waals surface area contributed by atoms with Crippen molar-refractivity contribution < 1.29 is 14.3 Å². The van der Waals surface area contributed by atoms with E-state index in [1.165, 1.54) is 6.21 Å². The summed E-state index contributed by atoms with van der Waals surface area (Å²) in [5.74, 6) is -0.926. The molecule has 2 amide bonds. The van der Waals surface area contributed by atoms with Crippen LogP contribution in [-0.2, 0) is 22.6 Å². The van der Waals surface area contributed by atoms with Gasteiger partial charge in [-0.1, -0.05) is 67.6 Å². The molecule has 2 N–H and O–H groups in total. The molecule has 0 aromatic heterocycles. The van der Waals surface area contributed by atoms with Crippen molar-refractivity contribution >= 4 is 23.7 Å². The van der Waals surface area contributed by atoms with Gasteiger partial charge in [-0.3, -0.25) is 9.59 Å². The first-order valence-corrected chi connectivity index (χ1v) is 9.65. The van der Waals surface area contributed by atoms with Crippen LogP contribution in [0.15, 0.2) is 84.0 Å². The van der Waals surface area contributed by atoms with Gasteiger partial charge in [-0.25, -0.2) is 5.43 Å². The number of ether oxygens (including phenoxy) is 1. The number of benzene rings is 3. The Labute approximate surface area is 175 Å². The van der Waals surface area contributed by atoms with Gasteiger partial charge in [0, 0.05) is 5.69 Å². The lowest BCUT2D eigenvalue weighted by Crippen LogP contribution is -2.32. The van der Waals surface area contributed by atoms with E-state index in [-0.39, 0.29) is 0 Å². The molecule has 152 valence electrons. The number of hydrazone groups is 1. The molecule has 6 heteroatoms. The van der Waals surface area contributed by atoms with Gasteiger partial charge in [0.2, 0.25) is 0 Å². The van der Waals surface area contributed by atoms with E-state index in [1.54, 1.807) is 18.2 Å². The number of carbonyl (C=O) groups excluding carboxylic acids is 2. The molecule has 6 nitrogen and oxygen atoms in total. The van der Waals surface area contributed by atoms with Gasteiger partial charge in [0.05, 0.1) is 6.21 Å². The maximum atomic E-state index is 12.1. The SMILES string of the molecule is CCc1ccccc1NC(=O)C(=O)N/N=C/c1cccc(OCc2ccccc2)c1. The molecule has 0 atom stereocenters. The van der Waals surface area contributed by atoms with Gasteiger partial charge in [0.15, 0.2) is 0 Å². The van der Waals surface area contributed by atoms with E-state index in [9.17, 15) is 9.59 Å². The van der Waals surface area contributed by atoms with E-state index < -0.39 is 11.8 Å². The lowest BCUT2D eigenvalue weighted by Gasteiger charge is -2.08. The molecular weight excluding hydrogens is 378 g/mol. The van der Waals surface area contributed by atoms with Crippen LogP contribution in [0.1, 0.15) is 23.6 Å². The fraction of sp³-hybridized carbons (Fsp3) is 0.125. The number of para-hydroxylation sites is 1. The lowest BCUT2D eigenvalue weighted by molar-refractivity contribution is -0.136. The van der Waals surface area contributed by atoms with Crippen LogP contribution >= 0.6 is 0 Å². The molecule has 3 aromatic carbocycles. The maximum Gasteiger partial charge on any atom is 0.329 e. The first-order chi connectivity index (χ1) is 14.7. The zero-order chi connectivity index (χ0) is 21.2. The summed E-state index contributed by atoms with van der Waals surface area (Å²) in [6, 6.07) is 24.5. The molecule has 0 heterocycles. The Morgan fingerprint density at radius 2 is 1.70 bits per heavy atom. The largest absolute Gasteiger partial charge is 0.489 e. The number of rotatable bonds is 7. The molecule has 3 rings (SSSR count). The van der Waals surface area contributed by atoms with Gasteiger partial charge in [0.25, 0.3) is 0 Å². The van der Waals surface area contributed by atoms with Gasteiger partial charge < -0.3 is 10.1 Å². The Balaban J connectivity index is 1.53. The highest BCUT2D eigenvalue weighted by Crippen LogP contribution is 2.15. The Hall–Kier alpha value is -3.93. The van der Waals surface area contributed by atoms with Crippen LogP contribution in [0.25, 0.3) is 0 Å². The second kappa shape index (κ2) is 10.6. The number of hydrogen-bond donors (Lipinski definition) is 2. The Morgan fingerprint density at radius 1 is 0.933 bits per heavy atom. The average molecular weight is 401 g/mol. The van der Waals surface area contributed by atoms with E-state index in [2.05, 4.69) is 15.8 Å². The topological polar surface area (TPSA) is 79.8 Å². The van der Waals surface area contributed by atoms with Crippen molar-refractivity contribution in [3.05, 3.63) is 95.6 Å². The summed E-state index contributed by atoms with van der Waals surface area (Å²) in [4.78, 5) is 24.1. The minimum absolute atomic E-state index is 0.456. The highest BCUT2D eigenvalue weighted by molar-refractivity contribution is 6.39. The normalized spacial score (nSPS) is 10.6. The monoisotopic (exact) mass is 401 g/mol. The average Bonchev–Trinajstić information content (AvgIpc) is 2.79. The summed E-state index contributed by atoms with van der Waals surface area (Å²) in [6.45, 7) is 2.44. The van der Waals surface area contributed by atoms with Crippen molar-refractivity contribution in [2.45, 2.75) is 20.0 Å². The second-order valence-electron chi connectivity index (χ2n) is 6.51. The summed E-state index contributed by atoms with van der Waals surface area (Å²) in [5, 5.41) is 6.47. The number of carbonyl (C=O) groups is 2.